The Labute approximate surface area is 143 Å². The zero-order valence-corrected chi connectivity index (χ0v) is 14.6. The molecule has 0 aliphatic carbocycles. The molecule has 0 aliphatic heterocycles. The molecule has 0 bridgehead atoms. The summed E-state index contributed by atoms with van der Waals surface area (Å²) in [6, 6.07) is 7.94. The van der Waals surface area contributed by atoms with Crippen LogP contribution in [0.4, 0.5) is 5.13 Å². The number of thiazole rings is 1. The molecule has 0 aliphatic rings. The van der Waals surface area contributed by atoms with Crippen molar-refractivity contribution in [1.82, 2.24) is 4.98 Å². The van der Waals surface area contributed by atoms with Crippen molar-refractivity contribution in [3.05, 3.63) is 40.9 Å². The summed E-state index contributed by atoms with van der Waals surface area (Å²) in [5.74, 6) is -0.112. The monoisotopic (exact) mass is 350 g/mol. The number of nitrogens with one attached hydrogen (secondary N) is 1. The van der Waals surface area contributed by atoms with Gasteiger partial charge in [0.1, 0.15) is 0 Å². The molecular weight excluding hydrogens is 332 g/mol. The number of esters is 1. The number of carbonyl (C=O) groups excluding carboxylic acids is 2. The van der Waals surface area contributed by atoms with Crippen molar-refractivity contribution in [2.75, 3.05) is 17.7 Å². The summed E-state index contributed by atoms with van der Waals surface area (Å²) in [5, 5.41) is 5.00. The Kier molecular flexibility index (Phi) is 6.61. The van der Waals surface area contributed by atoms with E-state index in [0.29, 0.717) is 23.2 Å². The molecule has 1 heterocycles. The number of hydrogen-bond acceptors (Lipinski definition) is 6. The van der Waals surface area contributed by atoms with Crippen molar-refractivity contribution >= 4 is 40.1 Å². The van der Waals surface area contributed by atoms with Crippen LogP contribution in [0.15, 0.2) is 34.5 Å². The highest BCUT2D eigenvalue weighted by molar-refractivity contribution is 8.00. The number of nitrogens with zero attached hydrogens (tertiary/aromatic N) is 1. The molecule has 1 amide bonds. The molecule has 2 rings (SSSR count). The Morgan fingerprint density at radius 3 is 2.87 bits per heavy atom. The second-order valence-electron chi connectivity index (χ2n) is 4.73. The molecule has 1 aromatic heterocycles. The molecule has 5 nitrogen and oxygen atoms in total. The highest BCUT2D eigenvalue weighted by Gasteiger charge is 2.11. The number of amides is 1. The van der Waals surface area contributed by atoms with Crippen LogP contribution in [0.25, 0.3) is 0 Å². The molecule has 2 aromatic rings. The molecule has 1 N–H and O–H groups in total. The summed E-state index contributed by atoms with van der Waals surface area (Å²) in [6.07, 6.45) is 0.123. The topological polar surface area (TPSA) is 68.3 Å². The van der Waals surface area contributed by atoms with E-state index in [-0.39, 0.29) is 18.3 Å². The van der Waals surface area contributed by atoms with E-state index in [9.17, 15) is 9.59 Å². The average Bonchev–Trinajstić information content (AvgIpc) is 2.93. The summed E-state index contributed by atoms with van der Waals surface area (Å²) < 4.78 is 4.87. The first-order valence-corrected chi connectivity index (χ1v) is 9.03. The minimum Gasteiger partial charge on any atom is -0.466 e. The van der Waals surface area contributed by atoms with E-state index in [1.54, 1.807) is 12.3 Å². The van der Waals surface area contributed by atoms with Gasteiger partial charge in [-0.3, -0.25) is 9.59 Å². The lowest BCUT2D eigenvalue weighted by molar-refractivity contribution is -0.142. The number of aryl methyl sites for hydroxylation is 1. The van der Waals surface area contributed by atoms with E-state index in [4.69, 9.17) is 4.74 Å². The molecular formula is C16H18N2O3S2. The fourth-order valence-corrected chi connectivity index (χ4v) is 3.38. The van der Waals surface area contributed by atoms with Crippen LogP contribution >= 0.6 is 23.1 Å². The molecule has 0 saturated heterocycles. The molecule has 1 aromatic carbocycles. The fourth-order valence-electron chi connectivity index (χ4n) is 1.82. The summed E-state index contributed by atoms with van der Waals surface area (Å²) in [7, 11) is 0. The van der Waals surface area contributed by atoms with Crippen LogP contribution < -0.4 is 5.32 Å². The van der Waals surface area contributed by atoms with Crippen molar-refractivity contribution in [2.24, 2.45) is 0 Å². The number of aromatic nitrogens is 1. The molecule has 0 unspecified atom stereocenters. The second-order valence-corrected chi connectivity index (χ2v) is 6.60. The molecule has 23 heavy (non-hydrogen) atoms. The first-order chi connectivity index (χ1) is 11.1. The quantitative estimate of drug-likeness (QED) is 0.613. The van der Waals surface area contributed by atoms with Gasteiger partial charge in [-0.05, 0) is 25.5 Å². The van der Waals surface area contributed by atoms with Crippen LogP contribution in [0, 0.1) is 6.92 Å². The Balaban J connectivity index is 1.82. The summed E-state index contributed by atoms with van der Waals surface area (Å²) in [5.41, 5.74) is 1.76. The maximum atomic E-state index is 12.0. The first-order valence-electron chi connectivity index (χ1n) is 7.16. The lowest BCUT2D eigenvalue weighted by Gasteiger charge is -2.04. The number of hydrogen-bond donors (Lipinski definition) is 1. The normalized spacial score (nSPS) is 10.3. The minimum atomic E-state index is -0.314. The van der Waals surface area contributed by atoms with Gasteiger partial charge in [-0.1, -0.05) is 18.2 Å². The van der Waals surface area contributed by atoms with Gasteiger partial charge in [0.25, 0.3) is 0 Å². The summed E-state index contributed by atoms with van der Waals surface area (Å²) in [6.45, 7) is 4.13. The molecule has 7 heteroatoms. The van der Waals surface area contributed by atoms with Crippen LogP contribution in [0.2, 0.25) is 0 Å². The zero-order valence-electron chi connectivity index (χ0n) is 13.0. The van der Waals surface area contributed by atoms with Crippen molar-refractivity contribution in [2.45, 2.75) is 25.2 Å². The zero-order chi connectivity index (χ0) is 16.7. The van der Waals surface area contributed by atoms with Gasteiger partial charge < -0.3 is 10.1 Å². The molecule has 122 valence electrons. The smallest absolute Gasteiger partial charge is 0.311 e. The van der Waals surface area contributed by atoms with E-state index in [2.05, 4.69) is 10.3 Å². The van der Waals surface area contributed by atoms with Gasteiger partial charge in [0.05, 0.1) is 24.5 Å². The van der Waals surface area contributed by atoms with Crippen molar-refractivity contribution in [3.63, 3.8) is 0 Å². The maximum Gasteiger partial charge on any atom is 0.311 e. The summed E-state index contributed by atoms with van der Waals surface area (Å²) in [4.78, 5) is 28.7. The van der Waals surface area contributed by atoms with Gasteiger partial charge in [0, 0.05) is 10.3 Å². The third kappa shape index (κ3) is 5.69. The van der Waals surface area contributed by atoms with Gasteiger partial charge in [0.15, 0.2) is 5.13 Å². The average molecular weight is 350 g/mol. The third-order valence-electron chi connectivity index (χ3n) is 2.88. The number of thioether (sulfide) groups is 1. The molecule has 0 radical (unpaired) electrons. The third-order valence-corrected chi connectivity index (χ3v) is 4.86. The Hall–Kier alpha value is -1.86. The molecule has 0 atom stereocenters. The van der Waals surface area contributed by atoms with Gasteiger partial charge in [-0.25, -0.2) is 4.98 Å². The van der Waals surface area contributed by atoms with Gasteiger partial charge >= 0.3 is 5.97 Å². The van der Waals surface area contributed by atoms with Gasteiger partial charge in [-0.2, -0.15) is 0 Å². The SMILES string of the molecule is CCOC(=O)Cc1csc(NC(=O)CSc2ccccc2C)n1. The minimum absolute atomic E-state index is 0.115. The standard InChI is InChI=1S/C16H18N2O3S2/c1-3-21-15(20)8-12-9-23-16(17-12)18-14(19)10-22-13-7-5-4-6-11(13)2/h4-7,9H,3,8,10H2,1-2H3,(H,17,18,19). The Morgan fingerprint density at radius 1 is 1.35 bits per heavy atom. The second kappa shape index (κ2) is 8.69. The lowest BCUT2D eigenvalue weighted by Crippen LogP contribution is -2.14. The highest BCUT2D eigenvalue weighted by atomic mass is 32.2. The number of carbonyl (C=O) groups is 2. The van der Waals surface area contributed by atoms with E-state index in [0.717, 1.165) is 10.5 Å². The van der Waals surface area contributed by atoms with E-state index in [1.807, 2.05) is 31.2 Å². The number of anilines is 1. The molecule has 0 fully saturated rings. The van der Waals surface area contributed by atoms with Crippen molar-refractivity contribution in [1.29, 1.82) is 0 Å². The first kappa shape index (κ1) is 17.5. The Morgan fingerprint density at radius 2 is 2.13 bits per heavy atom. The maximum absolute atomic E-state index is 12.0. The predicted molar refractivity (Wildman–Crippen MR) is 93.0 cm³/mol. The van der Waals surface area contributed by atoms with E-state index < -0.39 is 0 Å². The lowest BCUT2D eigenvalue weighted by atomic mass is 10.2. The van der Waals surface area contributed by atoms with Crippen LogP contribution in [0.3, 0.4) is 0 Å². The van der Waals surface area contributed by atoms with Crippen molar-refractivity contribution < 1.29 is 14.3 Å². The molecule has 0 saturated carbocycles. The summed E-state index contributed by atoms with van der Waals surface area (Å²) >= 11 is 2.79. The number of ether oxygens (including phenoxy) is 1. The van der Waals surface area contributed by atoms with Crippen LogP contribution in [0.5, 0.6) is 0 Å². The van der Waals surface area contributed by atoms with Crippen LogP contribution in [-0.2, 0) is 20.7 Å². The van der Waals surface area contributed by atoms with E-state index in [1.165, 1.54) is 23.1 Å². The van der Waals surface area contributed by atoms with Crippen molar-refractivity contribution in [3.8, 4) is 0 Å². The fraction of sp³-hybridized carbons (Fsp3) is 0.312. The largest absolute Gasteiger partial charge is 0.466 e. The van der Waals surface area contributed by atoms with Crippen LogP contribution in [-0.4, -0.2) is 29.2 Å². The van der Waals surface area contributed by atoms with Gasteiger partial charge in [-0.15, -0.1) is 23.1 Å². The number of rotatable bonds is 7. The highest BCUT2D eigenvalue weighted by Crippen LogP contribution is 2.22. The Bertz CT molecular complexity index is 685. The van der Waals surface area contributed by atoms with Crippen LogP contribution in [0.1, 0.15) is 18.2 Å². The van der Waals surface area contributed by atoms with E-state index >= 15 is 0 Å². The predicted octanol–water partition coefficient (Wildman–Crippen LogP) is 3.29. The van der Waals surface area contributed by atoms with Gasteiger partial charge in [0.2, 0.25) is 5.91 Å². The molecule has 0 spiro atoms. The number of benzene rings is 1.